The van der Waals surface area contributed by atoms with E-state index in [2.05, 4.69) is 26.1 Å². The smallest absolute Gasteiger partial charge is 0.341 e. The second kappa shape index (κ2) is 8.57. The van der Waals surface area contributed by atoms with Gasteiger partial charge in [-0.1, -0.05) is 32.9 Å². The molecule has 0 aliphatic heterocycles. The number of ether oxygens (including phenoxy) is 2. The molecule has 5 nitrogen and oxygen atoms in total. The Morgan fingerprint density at radius 1 is 1.17 bits per heavy atom. The van der Waals surface area contributed by atoms with E-state index in [1.165, 1.54) is 23.3 Å². The van der Waals surface area contributed by atoms with Crippen LogP contribution in [0, 0.1) is 11.3 Å². The summed E-state index contributed by atoms with van der Waals surface area (Å²) in [4.78, 5) is 26.3. The highest BCUT2D eigenvalue weighted by molar-refractivity contribution is 7.17. The van der Waals surface area contributed by atoms with E-state index in [1.807, 2.05) is 24.3 Å². The number of fused-ring (bicyclic) bond motifs is 1. The summed E-state index contributed by atoms with van der Waals surface area (Å²) in [5.74, 6) is 0.784. The molecule has 0 bridgehead atoms. The van der Waals surface area contributed by atoms with Crippen LogP contribution in [-0.4, -0.2) is 26.1 Å². The zero-order valence-corrected chi connectivity index (χ0v) is 18.6. The third-order valence-electron chi connectivity index (χ3n) is 5.66. The fourth-order valence-corrected chi connectivity index (χ4v) is 5.16. The highest BCUT2D eigenvalue weighted by atomic mass is 32.1. The standard InChI is InChI=1S/C23H29NO4S/c1-23(2,3)15-8-11-17-18(13-15)29-21(20(17)22(26)28-5)24-19(25)12-14-6-9-16(27-4)10-7-14/h6-7,9-10,15H,8,11-13H2,1-5H3,(H,24,25)/t15-/m0/s1. The first kappa shape index (κ1) is 21.4. The van der Waals surface area contributed by atoms with Crippen LogP contribution in [0.5, 0.6) is 5.75 Å². The van der Waals surface area contributed by atoms with Crippen LogP contribution in [0.1, 0.15) is 53.6 Å². The molecule has 0 saturated heterocycles. The van der Waals surface area contributed by atoms with E-state index in [1.54, 1.807) is 7.11 Å². The lowest BCUT2D eigenvalue weighted by atomic mass is 9.72. The van der Waals surface area contributed by atoms with Gasteiger partial charge in [-0.3, -0.25) is 4.79 Å². The van der Waals surface area contributed by atoms with Gasteiger partial charge in [-0.05, 0) is 53.9 Å². The molecular weight excluding hydrogens is 386 g/mol. The second-order valence-corrected chi connectivity index (χ2v) is 9.68. The summed E-state index contributed by atoms with van der Waals surface area (Å²) in [6, 6.07) is 7.40. The lowest BCUT2D eigenvalue weighted by molar-refractivity contribution is -0.115. The molecule has 1 aromatic carbocycles. The molecule has 3 rings (SSSR count). The van der Waals surface area contributed by atoms with Crippen LogP contribution in [0.2, 0.25) is 0 Å². The summed E-state index contributed by atoms with van der Waals surface area (Å²) in [6.07, 6.45) is 3.04. The predicted octanol–water partition coefficient (Wildman–Crippen LogP) is 4.88. The average Bonchev–Trinajstić information content (AvgIpc) is 3.04. The van der Waals surface area contributed by atoms with Crippen molar-refractivity contribution in [2.45, 2.75) is 46.5 Å². The van der Waals surface area contributed by atoms with Crippen LogP contribution in [0.15, 0.2) is 24.3 Å². The third-order valence-corrected chi connectivity index (χ3v) is 6.83. The maximum absolute atomic E-state index is 12.6. The number of hydrogen-bond donors (Lipinski definition) is 1. The normalized spacial score (nSPS) is 16.1. The van der Waals surface area contributed by atoms with Gasteiger partial charge in [0.25, 0.3) is 0 Å². The van der Waals surface area contributed by atoms with Crippen molar-refractivity contribution in [3.05, 3.63) is 45.8 Å². The molecule has 1 amide bonds. The number of anilines is 1. The van der Waals surface area contributed by atoms with Crippen LogP contribution in [-0.2, 0) is 28.8 Å². The predicted molar refractivity (Wildman–Crippen MR) is 116 cm³/mol. The van der Waals surface area contributed by atoms with Gasteiger partial charge in [-0.25, -0.2) is 4.79 Å². The SMILES string of the molecule is COC(=O)c1c(NC(=O)Cc2ccc(OC)cc2)sc2c1CC[C@H](C(C)(C)C)C2. The Balaban J connectivity index is 1.81. The van der Waals surface area contributed by atoms with Crippen LogP contribution in [0.25, 0.3) is 0 Å². The lowest BCUT2D eigenvalue weighted by Crippen LogP contribution is -2.26. The van der Waals surface area contributed by atoms with E-state index < -0.39 is 0 Å². The van der Waals surface area contributed by atoms with Gasteiger partial charge in [0.1, 0.15) is 10.8 Å². The van der Waals surface area contributed by atoms with Crippen molar-refractivity contribution >= 4 is 28.2 Å². The molecule has 156 valence electrons. The Hall–Kier alpha value is -2.34. The Morgan fingerprint density at radius 2 is 1.86 bits per heavy atom. The van der Waals surface area contributed by atoms with E-state index >= 15 is 0 Å². The van der Waals surface area contributed by atoms with Crippen molar-refractivity contribution in [2.75, 3.05) is 19.5 Å². The molecule has 0 spiro atoms. The number of carbonyl (C=O) groups is 2. The van der Waals surface area contributed by atoms with Crippen molar-refractivity contribution < 1.29 is 19.1 Å². The third kappa shape index (κ3) is 4.81. The monoisotopic (exact) mass is 415 g/mol. The Morgan fingerprint density at radius 3 is 2.45 bits per heavy atom. The van der Waals surface area contributed by atoms with Gasteiger partial charge in [0, 0.05) is 4.88 Å². The molecular formula is C23H29NO4S. The van der Waals surface area contributed by atoms with Gasteiger partial charge >= 0.3 is 5.97 Å². The summed E-state index contributed by atoms with van der Waals surface area (Å²) in [7, 11) is 3.00. The number of benzene rings is 1. The first-order valence-electron chi connectivity index (χ1n) is 9.88. The quantitative estimate of drug-likeness (QED) is 0.707. The van der Waals surface area contributed by atoms with Crippen molar-refractivity contribution in [3.63, 3.8) is 0 Å². The maximum Gasteiger partial charge on any atom is 0.341 e. The minimum Gasteiger partial charge on any atom is -0.497 e. The van der Waals surface area contributed by atoms with Gasteiger partial charge in [-0.15, -0.1) is 11.3 Å². The van der Waals surface area contributed by atoms with Crippen molar-refractivity contribution in [3.8, 4) is 5.75 Å². The van der Waals surface area contributed by atoms with Gasteiger partial charge in [-0.2, -0.15) is 0 Å². The van der Waals surface area contributed by atoms with E-state index in [0.29, 0.717) is 16.5 Å². The average molecular weight is 416 g/mol. The molecule has 0 fully saturated rings. The first-order valence-corrected chi connectivity index (χ1v) is 10.7. The van der Waals surface area contributed by atoms with E-state index in [9.17, 15) is 9.59 Å². The Kier molecular flexibility index (Phi) is 6.32. The minimum absolute atomic E-state index is 0.147. The maximum atomic E-state index is 12.6. The minimum atomic E-state index is -0.378. The van der Waals surface area contributed by atoms with Crippen LogP contribution >= 0.6 is 11.3 Å². The zero-order valence-electron chi connectivity index (χ0n) is 17.8. The molecule has 1 aliphatic carbocycles. The highest BCUT2D eigenvalue weighted by Crippen LogP contribution is 2.44. The second-order valence-electron chi connectivity index (χ2n) is 8.58. The number of thiophene rings is 1. The molecule has 1 aromatic heterocycles. The number of carbonyl (C=O) groups excluding carboxylic acids is 2. The fraction of sp³-hybridized carbons (Fsp3) is 0.478. The largest absolute Gasteiger partial charge is 0.497 e. The number of nitrogens with one attached hydrogen (secondary N) is 1. The summed E-state index contributed by atoms with van der Waals surface area (Å²) >= 11 is 1.52. The lowest BCUT2D eigenvalue weighted by Gasteiger charge is -2.33. The summed E-state index contributed by atoms with van der Waals surface area (Å²) in [6.45, 7) is 6.78. The van der Waals surface area contributed by atoms with Gasteiger partial charge in [0.05, 0.1) is 26.2 Å². The number of methoxy groups -OCH3 is 2. The molecule has 29 heavy (non-hydrogen) atoms. The molecule has 1 N–H and O–H groups in total. The summed E-state index contributed by atoms with van der Waals surface area (Å²) < 4.78 is 10.2. The topological polar surface area (TPSA) is 64.6 Å². The number of esters is 1. The van der Waals surface area contributed by atoms with Crippen LogP contribution in [0.4, 0.5) is 5.00 Å². The molecule has 0 saturated carbocycles. The van der Waals surface area contributed by atoms with Crippen molar-refractivity contribution in [1.82, 2.24) is 0 Å². The number of amides is 1. The summed E-state index contributed by atoms with van der Waals surface area (Å²) in [5, 5.41) is 3.57. The molecule has 1 atom stereocenters. The Labute approximate surface area is 176 Å². The van der Waals surface area contributed by atoms with Crippen LogP contribution in [0.3, 0.4) is 0 Å². The Bertz CT molecular complexity index is 893. The van der Waals surface area contributed by atoms with Gasteiger partial charge in [0.15, 0.2) is 0 Å². The first-order chi connectivity index (χ1) is 13.7. The molecule has 0 unspecified atom stereocenters. The number of rotatable bonds is 5. The van der Waals surface area contributed by atoms with Crippen molar-refractivity contribution in [2.24, 2.45) is 11.3 Å². The molecule has 2 aromatic rings. The van der Waals surface area contributed by atoms with Gasteiger partial charge in [0.2, 0.25) is 5.91 Å². The molecule has 0 radical (unpaired) electrons. The highest BCUT2D eigenvalue weighted by Gasteiger charge is 2.34. The zero-order chi connectivity index (χ0) is 21.2. The number of hydrogen-bond acceptors (Lipinski definition) is 5. The van der Waals surface area contributed by atoms with Crippen molar-refractivity contribution in [1.29, 1.82) is 0 Å². The summed E-state index contributed by atoms with van der Waals surface area (Å²) in [5.41, 5.74) is 2.67. The van der Waals surface area contributed by atoms with E-state index in [4.69, 9.17) is 9.47 Å². The molecule has 1 heterocycles. The van der Waals surface area contributed by atoms with E-state index in [-0.39, 0.29) is 23.7 Å². The fourth-order valence-electron chi connectivity index (χ4n) is 3.83. The molecule has 6 heteroatoms. The van der Waals surface area contributed by atoms with E-state index in [0.717, 1.165) is 36.1 Å². The molecule has 1 aliphatic rings. The van der Waals surface area contributed by atoms with Gasteiger partial charge < -0.3 is 14.8 Å². The van der Waals surface area contributed by atoms with Crippen LogP contribution < -0.4 is 10.1 Å².